The van der Waals surface area contributed by atoms with Gasteiger partial charge in [-0.15, -0.1) is 0 Å². The molecule has 0 bridgehead atoms. The molecule has 0 radical (unpaired) electrons. The first-order valence-corrected chi connectivity index (χ1v) is 9.82. The van der Waals surface area contributed by atoms with E-state index in [1.54, 1.807) is 17.9 Å². The van der Waals surface area contributed by atoms with Crippen LogP contribution in [0.4, 0.5) is 0 Å². The van der Waals surface area contributed by atoms with Gasteiger partial charge in [-0.25, -0.2) is 0 Å². The van der Waals surface area contributed by atoms with Crippen LogP contribution in [0.15, 0.2) is 36.5 Å². The molecule has 152 valence electrons. The monoisotopic (exact) mass is 395 g/mol. The van der Waals surface area contributed by atoms with Crippen LogP contribution in [0.25, 0.3) is 10.9 Å². The third-order valence-corrected chi connectivity index (χ3v) is 5.20. The van der Waals surface area contributed by atoms with Gasteiger partial charge in [0.05, 0.1) is 19.2 Å². The highest BCUT2D eigenvalue weighted by atomic mass is 16.5. The molecule has 0 unspecified atom stereocenters. The van der Waals surface area contributed by atoms with E-state index in [2.05, 4.69) is 26.8 Å². The van der Waals surface area contributed by atoms with Crippen LogP contribution in [0.1, 0.15) is 28.2 Å². The zero-order valence-corrected chi connectivity index (χ0v) is 16.4. The number of carbonyl (C=O) groups excluding carboxylic acids is 2. The van der Waals surface area contributed by atoms with Crippen LogP contribution in [0, 0.1) is 0 Å². The number of carbonyl (C=O) groups is 2. The molecule has 2 amide bonds. The van der Waals surface area contributed by atoms with Gasteiger partial charge in [0.1, 0.15) is 5.69 Å². The van der Waals surface area contributed by atoms with Gasteiger partial charge in [0, 0.05) is 49.3 Å². The fraction of sp³-hybridized carbons (Fsp3) is 0.381. The highest BCUT2D eigenvalue weighted by Gasteiger charge is 2.26. The normalized spacial score (nSPS) is 15.4. The molecular weight excluding hydrogens is 370 g/mol. The maximum Gasteiger partial charge on any atom is 0.271 e. The summed E-state index contributed by atoms with van der Waals surface area (Å²) in [6, 6.07) is 9.90. The average molecular weight is 395 g/mol. The summed E-state index contributed by atoms with van der Waals surface area (Å²) in [7, 11) is 1.59. The number of hydrogen-bond donors (Lipinski definition) is 3. The van der Waals surface area contributed by atoms with Crippen LogP contribution in [0.3, 0.4) is 0 Å². The first-order chi connectivity index (χ1) is 14.1. The lowest BCUT2D eigenvalue weighted by atomic mass is 10.1. The van der Waals surface area contributed by atoms with Crippen molar-refractivity contribution in [3.8, 4) is 0 Å². The first-order valence-electron chi connectivity index (χ1n) is 9.82. The molecule has 8 nitrogen and oxygen atoms in total. The Hall–Kier alpha value is -3.13. The van der Waals surface area contributed by atoms with Crippen molar-refractivity contribution in [2.75, 3.05) is 20.3 Å². The van der Waals surface area contributed by atoms with Crippen molar-refractivity contribution >= 4 is 22.7 Å². The predicted octanol–water partition coefficient (Wildman–Crippen LogP) is 1.41. The number of nitrogens with zero attached hydrogens (tertiary/aromatic N) is 2. The fourth-order valence-electron chi connectivity index (χ4n) is 3.75. The van der Waals surface area contributed by atoms with E-state index >= 15 is 0 Å². The van der Waals surface area contributed by atoms with Crippen LogP contribution in [-0.4, -0.2) is 52.9 Å². The molecule has 8 heteroatoms. The van der Waals surface area contributed by atoms with E-state index < -0.39 is 0 Å². The molecule has 1 aromatic carbocycles. The van der Waals surface area contributed by atoms with E-state index in [1.165, 1.54) is 0 Å². The molecule has 3 heterocycles. The lowest BCUT2D eigenvalue weighted by Gasteiger charge is -2.11. The summed E-state index contributed by atoms with van der Waals surface area (Å²) >= 11 is 0. The van der Waals surface area contributed by atoms with Crippen molar-refractivity contribution in [2.24, 2.45) is 0 Å². The SMILES string of the molecule is COCCNC(=O)c1cc2n(n1)C[C@@H](NC(=O)CCc1c[nH]c3ccccc13)C2. The summed E-state index contributed by atoms with van der Waals surface area (Å²) < 4.78 is 6.72. The summed E-state index contributed by atoms with van der Waals surface area (Å²) in [4.78, 5) is 27.7. The predicted molar refractivity (Wildman–Crippen MR) is 109 cm³/mol. The highest BCUT2D eigenvalue weighted by Crippen LogP contribution is 2.20. The lowest BCUT2D eigenvalue weighted by Crippen LogP contribution is -2.36. The van der Waals surface area contributed by atoms with Crippen molar-refractivity contribution in [1.29, 1.82) is 0 Å². The second-order valence-electron chi connectivity index (χ2n) is 7.28. The first kappa shape index (κ1) is 19.2. The van der Waals surface area contributed by atoms with Gasteiger partial charge in [0.15, 0.2) is 0 Å². The minimum atomic E-state index is -0.205. The second kappa shape index (κ2) is 8.48. The van der Waals surface area contributed by atoms with Gasteiger partial charge in [-0.1, -0.05) is 18.2 Å². The molecule has 29 heavy (non-hydrogen) atoms. The molecule has 3 aromatic rings. The molecule has 0 fully saturated rings. The van der Waals surface area contributed by atoms with Gasteiger partial charge >= 0.3 is 0 Å². The molecule has 4 rings (SSSR count). The highest BCUT2D eigenvalue weighted by molar-refractivity contribution is 5.92. The van der Waals surface area contributed by atoms with E-state index in [4.69, 9.17) is 4.74 Å². The van der Waals surface area contributed by atoms with E-state index in [9.17, 15) is 9.59 Å². The van der Waals surface area contributed by atoms with Gasteiger partial charge in [-0.05, 0) is 24.1 Å². The van der Waals surface area contributed by atoms with E-state index in [-0.39, 0.29) is 17.9 Å². The number of fused-ring (bicyclic) bond motifs is 2. The zero-order chi connectivity index (χ0) is 20.2. The number of aromatic amines is 1. The molecule has 0 saturated carbocycles. The Morgan fingerprint density at radius 3 is 3.03 bits per heavy atom. The summed E-state index contributed by atoms with van der Waals surface area (Å²) in [6.07, 6.45) is 3.78. The lowest BCUT2D eigenvalue weighted by molar-refractivity contribution is -0.121. The van der Waals surface area contributed by atoms with Gasteiger partial charge < -0.3 is 20.4 Å². The number of aryl methyl sites for hydroxylation is 1. The van der Waals surface area contributed by atoms with Gasteiger partial charge in [0.25, 0.3) is 5.91 Å². The number of H-pyrrole nitrogens is 1. The Morgan fingerprint density at radius 2 is 2.21 bits per heavy atom. The van der Waals surface area contributed by atoms with Crippen molar-refractivity contribution < 1.29 is 14.3 Å². The number of amides is 2. The Bertz CT molecular complexity index is 999. The third kappa shape index (κ3) is 4.32. The summed E-state index contributed by atoms with van der Waals surface area (Å²) in [5.41, 5.74) is 3.61. The number of para-hydroxylation sites is 1. The second-order valence-corrected chi connectivity index (χ2v) is 7.28. The number of methoxy groups -OCH3 is 1. The maximum absolute atomic E-state index is 12.4. The minimum Gasteiger partial charge on any atom is -0.383 e. The number of aromatic nitrogens is 3. The number of nitrogens with one attached hydrogen (secondary N) is 3. The van der Waals surface area contributed by atoms with Crippen molar-refractivity contribution in [1.82, 2.24) is 25.4 Å². The summed E-state index contributed by atoms with van der Waals surface area (Å²) in [5, 5.41) is 11.4. The van der Waals surface area contributed by atoms with Crippen molar-refractivity contribution in [2.45, 2.75) is 31.8 Å². The van der Waals surface area contributed by atoms with Crippen LogP contribution in [0.2, 0.25) is 0 Å². The van der Waals surface area contributed by atoms with Crippen LogP contribution in [0.5, 0.6) is 0 Å². The van der Waals surface area contributed by atoms with Gasteiger partial charge in [-0.2, -0.15) is 5.10 Å². The minimum absolute atomic E-state index is 0.0126. The molecule has 2 aromatic heterocycles. The summed E-state index contributed by atoms with van der Waals surface area (Å²) in [5.74, 6) is -0.174. The molecule has 0 spiro atoms. The largest absolute Gasteiger partial charge is 0.383 e. The number of rotatable bonds is 8. The molecule has 1 aliphatic rings. The smallest absolute Gasteiger partial charge is 0.271 e. The molecule has 1 aliphatic heterocycles. The Balaban J connectivity index is 1.26. The van der Waals surface area contributed by atoms with Crippen LogP contribution >= 0.6 is 0 Å². The van der Waals surface area contributed by atoms with Crippen LogP contribution in [-0.2, 0) is 28.9 Å². The third-order valence-electron chi connectivity index (χ3n) is 5.20. The molecule has 3 N–H and O–H groups in total. The maximum atomic E-state index is 12.4. The number of hydrogen-bond acceptors (Lipinski definition) is 4. The fourth-order valence-corrected chi connectivity index (χ4v) is 3.75. The Morgan fingerprint density at radius 1 is 1.34 bits per heavy atom. The Kier molecular flexibility index (Phi) is 5.62. The number of benzene rings is 1. The van der Waals surface area contributed by atoms with Crippen molar-refractivity contribution in [3.63, 3.8) is 0 Å². The van der Waals surface area contributed by atoms with Crippen LogP contribution < -0.4 is 10.6 Å². The van der Waals surface area contributed by atoms with E-state index in [0.717, 1.165) is 22.2 Å². The molecule has 0 aliphatic carbocycles. The van der Waals surface area contributed by atoms with Crippen molar-refractivity contribution in [3.05, 3.63) is 53.5 Å². The quantitative estimate of drug-likeness (QED) is 0.502. The van der Waals surface area contributed by atoms with Gasteiger partial charge in [0.2, 0.25) is 5.91 Å². The summed E-state index contributed by atoms with van der Waals surface area (Å²) in [6.45, 7) is 1.50. The zero-order valence-electron chi connectivity index (χ0n) is 16.4. The van der Waals surface area contributed by atoms with E-state index in [1.807, 2.05) is 24.4 Å². The van der Waals surface area contributed by atoms with Gasteiger partial charge in [-0.3, -0.25) is 14.3 Å². The average Bonchev–Trinajstić information content (AvgIpc) is 3.39. The van der Waals surface area contributed by atoms with E-state index in [0.29, 0.717) is 44.7 Å². The Labute approximate surface area is 168 Å². The molecular formula is C21H25N5O3. The number of ether oxygens (including phenoxy) is 1. The topological polar surface area (TPSA) is 101 Å². The standard InChI is InChI=1S/C21H25N5O3/c1-29-9-8-22-21(28)19-11-16-10-15(13-26(16)25-19)24-20(27)7-6-14-12-23-18-5-3-2-4-17(14)18/h2-5,11-12,15,23H,6-10,13H2,1H3,(H,22,28)(H,24,27)/t15-/m0/s1. The molecule has 0 saturated heterocycles. The molecule has 1 atom stereocenters.